The van der Waals surface area contributed by atoms with Gasteiger partial charge in [0.2, 0.25) is 17.7 Å². The molecule has 0 saturated heterocycles. The Balaban J connectivity index is 1.54. The number of aromatic amines is 1. The van der Waals surface area contributed by atoms with E-state index in [-0.39, 0.29) is 33.1 Å². The minimum atomic E-state index is -0.778. The van der Waals surface area contributed by atoms with Gasteiger partial charge in [-0.15, -0.1) is 0 Å². The van der Waals surface area contributed by atoms with Gasteiger partial charge in [-0.2, -0.15) is 5.10 Å². The van der Waals surface area contributed by atoms with Crippen LogP contribution in [-0.2, 0) is 4.79 Å². The number of fused-ring (bicyclic) bond motifs is 1. The number of amides is 3. The van der Waals surface area contributed by atoms with Gasteiger partial charge in [0.05, 0.1) is 17.6 Å². The van der Waals surface area contributed by atoms with Crippen molar-refractivity contribution in [3.63, 3.8) is 0 Å². The Hall–Kier alpha value is -4.16. The Kier molecular flexibility index (Phi) is 6.34. The largest absolute Gasteiger partial charge is 0.366 e. The lowest BCUT2D eigenvalue weighted by Crippen LogP contribution is -2.19. The van der Waals surface area contributed by atoms with Crippen LogP contribution in [0.15, 0.2) is 58.6 Å². The number of H-pyrrole nitrogens is 1. The van der Waals surface area contributed by atoms with E-state index in [1.54, 1.807) is 24.3 Å². The van der Waals surface area contributed by atoms with Crippen molar-refractivity contribution in [2.45, 2.75) is 5.16 Å². The first-order valence-corrected chi connectivity index (χ1v) is 11.0. The molecule has 0 aliphatic rings. The number of aromatic nitrogens is 4. The molecule has 34 heavy (non-hydrogen) atoms. The summed E-state index contributed by atoms with van der Waals surface area (Å²) in [6.45, 7) is 0. The fourth-order valence-corrected chi connectivity index (χ4v) is 3.92. The first-order chi connectivity index (χ1) is 16.2. The molecule has 4 rings (SSSR count). The van der Waals surface area contributed by atoms with E-state index in [0.717, 1.165) is 11.8 Å². The third kappa shape index (κ3) is 4.92. The van der Waals surface area contributed by atoms with E-state index in [9.17, 15) is 19.2 Å². The lowest BCUT2D eigenvalue weighted by molar-refractivity contribution is -0.113. The lowest BCUT2D eigenvalue weighted by atomic mass is 10.1. The van der Waals surface area contributed by atoms with E-state index < -0.39 is 23.3 Å². The molecule has 4 aromatic rings. The van der Waals surface area contributed by atoms with E-state index in [1.165, 1.54) is 29.1 Å². The summed E-state index contributed by atoms with van der Waals surface area (Å²) in [6, 6.07) is 10.8. The molecule has 2 heterocycles. The van der Waals surface area contributed by atoms with Crippen molar-refractivity contribution in [3.8, 4) is 5.69 Å². The van der Waals surface area contributed by atoms with Crippen LogP contribution in [0, 0.1) is 0 Å². The first-order valence-electron chi connectivity index (χ1n) is 9.62. The molecule has 6 N–H and O–H groups in total. The second-order valence-corrected chi connectivity index (χ2v) is 8.41. The van der Waals surface area contributed by atoms with Crippen molar-refractivity contribution in [1.82, 2.24) is 19.7 Å². The maximum absolute atomic E-state index is 12.5. The van der Waals surface area contributed by atoms with E-state index in [4.69, 9.17) is 23.1 Å². The molecule has 0 atom stereocenters. The number of nitrogens with one attached hydrogen (secondary N) is 2. The van der Waals surface area contributed by atoms with Crippen molar-refractivity contribution in [2.75, 3.05) is 11.1 Å². The predicted octanol–water partition coefficient (Wildman–Crippen LogP) is 1.69. The topological polar surface area (TPSA) is 179 Å². The molecule has 172 valence electrons. The van der Waals surface area contributed by atoms with Gasteiger partial charge >= 0.3 is 0 Å². The van der Waals surface area contributed by atoms with Crippen LogP contribution in [0.1, 0.15) is 20.7 Å². The summed E-state index contributed by atoms with van der Waals surface area (Å²) in [4.78, 5) is 54.9. The maximum atomic E-state index is 12.5. The molecule has 0 spiro atoms. The molecule has 0 aliphatic heterocycles. The number of thioether (sulfide) groups is 1. The Morgan fingerprint density at radius 3 is 2.44 bits per heavy atom. The normalized spacial score (nSPS) is 10.9. The van der Waals surface area contributed by atoms with Gasteiger partial charge in [0.25, 0.3) is 5.56 Å². The second kappa shape index (κ2) is 9.37. The van der Waals surface area contributed by atoms with E-state index in [2.05, 4.69) is 20.4 Å². The number of carbonyl (C=O) groups excluding carboxylic acids is 3. The maximum Gasteiger partial charge on any atom is 0.262 e. The first kappa shape index (κ1) is 23.0. The molecule has 0 fully saturated rings. The quantitative estimate of drug-likeness (QED) is 0.221. The van der Waals surface area contributed by atoms with Crippen LogP contribution in [0.2, 0.25) is 5.02 Å². The smallest absolute Gasteiger partial charge is 0.262 e. The number of rotatable bonds is 7. The van der Waals surface area contributed by atoms with Gasteiger partial charge in [0, 0.05) is 21.8 Å². The Morgan fingerprint density at radius 2 is 1.79 bits per heavy atom. The van der Waals surface area contributed by atoms with Crippen LogP contribution in [0.4, 0.5) is 5.69 Å². The number of hydrogen-bond acceptors (Lipinski definition) is 7. The highest BCUT2D eigenvalue weighted by Crippen LogP contribution is 2.21. The van der Waals surface area contributed by atoms with Crippen molar-refractivity contribution in [2.24, 2.45) is 11.5 Å². The summed E-state index contributed by atoms with van der Waals surface area (Å²) >= 11 is 7.03. The van der Waals surface area contributed by atoms with Crippen LogP contribution < -0.4 is 22.3 Å². The minimum Gasteiger partial charge on any atom is -0.366 e. The summed E-state index contributed by atoms with van der Waals surface area (Å²) in [5.41, 5.74) is 11.2. The van der Waals surface area contributed by atoms with Gasteiger partial charge in [-0.3, -0.25) is 19.2 Å². The molecule has 0 saturated carbocycles. The Labute approximate surface area is 200 Å². The van der Waals surface area contributed by atoms with Crippen molar-refractivity contribution in [1.29, 1.82) is 0 Å². The fourth-order valence-electron chi connectivity index (χ4n) is 3.08. The van der Waals surface area contributed by atoms with Gasteiger partial charge in [-0.1, -0.05) is 29.4 Å². The van der Waals surface area contributed by atoms with Crippen LogP contribution in [0.3, 0.4) is 0 Å². The van der Waals surface area contributed by atoms with E-state index in [1.807, 2.05) is 0 Å². The SMILES string of the molecule is NC(=O)c1cc(NC(=O)CSc2nc3c(cnn3-c3cccc(Cl)c3)c(=O)[nH]2)cc(C(N)=O)c1. The summed E-state index contributed by atoms with van der Waals surface area (Å²) in [5.74, 6) is -2.17. The van der Waals surface area contributed by atoms with Gasteiger partial charge < -0.3 is 21.8 Å². The zero-order valence-electron chi connectivity index (χ0n) is 17.2. The lowest BCUT2D eigenvalue weighted by Gasteiger charge is -2.08. The highest BCUT2D eigenvalue weighted by atomic mass is 35.5. The Morgan fingerprint density at radius 1 is 1.09 bits per heavy atom. The molecule has 13 heteroatoms. The second-order valence-electron chi connectivity index (χ2n) is 7.01. The zero-order valence-corrected chi connectivity index (χ0v) is 18.8. The number of halogens is 1. The molecule has 3 amide bonds. The van der Waals surface area contributed by atoms with Gasteiger partial charge in [-0.25, -0.2) is 9.67 Å². The number of carbonyl (C=O) groups is 3. The van der Waals surface area contributed by atoms with Crippen LogP contribution in [-0.4, -0.2) is 43.2 Å². The van der Waals surface area contributed by atoms with Crippen LogP contribution >= 0.6 is 23.4 Å². The van der Waals surface area contributed by atoms with Gasteiger partial charge in [0.15, 0.2) is 10.8 Å². The van der Waals surface area contributed by atoms with Crippen LogP contribution in [0.5, 0.6) is 0 Å². The fraction of sp³-hybridized carbons (Fsp3) is 0.0476. The highest BCUT2D eigenvalue weighted by molar-refractivity contribution is 7.99. The van der Waals surface area contributed by atoms with Crippen molar-refractivity contribution < 1.29 is 14.4 Å². The van der Waals surface area contributed by atoms with Crippen LogP contribution in [0.25, 0.3) is 16.7 Å². The standard InChI is InChI=1S/C21H16ClN7O4S/c22-12-2-1-3-14(7-12)29-19-15(8-25-29)20(33)28-21(27-19)34-9-16(30)26-13-5-10(17(23)31)4-11(6-13)18(24)32/h1-8H,9H2,(H2,23,31)(H2,24,32)(H,26,30)(H,27,28,33). The summed E-state index contributed by atoms with van der Waals surface area (Å²) in [5, 5.41) is 7.75. The number of nitrogens with zero attached hydrogens (tertiary/aromatic N) is 3. The number of anilines is 1. The monoisotopic (exact) mass is 497 g/mol. The molecular weight excluding hydrogens is 482 g/mol. The summed E-state index contributed by atoms with van der Waals surface area (Å²) < 4.78 is 1.47. The predicted molar refractivity (Wildman–Crippen MR) is 127 cm³/mol. The minimum absolute atomic E-state index is 0.0185. The molecule has 0 radical (unpaired) electrons. The molecule has 0 unspecified atom stereocenters. The van der Waals surface area contributed by atoms with E-state index >= 15 is 0 Å². The number of hydrogen-bond donors (Lipinski definition) is 4. The number of benzene rings is 2. The Bertz CT molecular complexity index is 1480. The molecule has 11 nitrogen and oxygen atoms in total. The third-order valence-electron chi connectivity index (χ3n) is 4.59. The molecule has 2 aromatic carbocycles. The average Bonchev–Trinajstić information content (AvgIpc) is 3.22. The molecule has 2 aromatic heterocycles. The molecule has 0 aliphatic carbocycles. The van der Waals surface area contributed by atoms with Gasteiger partial charge in [0.1, 0.15) is 5.39 Å². The molecule has 0 bridgehead atoms. The zero-order chi connectivity index (χ0) is 24.4. The van der Waals surface area contributed by atoms with Crippen molar-refractivity contribution in [3.05, 3.63) is 75.2 Å². The summed E-state index contributed by atoms with van der Waals surface area (Å²) in [6.07, 6.45) is 1.39. The highest BCUT2D eigenvalue weighted by Gasteiger charge is 2.15. The third-order valence-corrected chi connectivity index (χ3v) is 5.70. The van der Waals surface area contributed by atoms with Gasteiger partial charge in [-0.05, 0) is 36.4 Å². The molecular formula is C21H16ClN7O4S. The summed E-state index contributed by atoms with van der Waals surface area (Å²) in [7, 11) is 0. The van der Waals surface area contributed by atoms with Crippen molar-refractivity contribution >= 4 is 57.8 Å². The van der Waals surface area contributed by atoms with E-state index in [0.29, 0.717) is 16.4 Å². The average molecular weight is 498 g/mol. The number of nitrogens with two attached hydrogens (primary N) is 2. The number of primary amides is 2.